The number of benzene rings is 1. The molecule has 106 valence electrons. The summed E-state index contributed by atoms with van der Waals surface area (Å²) < 4.78 is 26.0. The second-order valence-electron chi connectivity index (χ2n) is 5.08. The first-order valence-electron chi connectivity index (χ1n) is 6.03. The molecular weight excluding hydrogens is 262 g/mol. The van der Waals surface area contributed by atoms with E-state index < -0.39 is 11.0 Å². The first-order valence-corrected chi connectivity index (χ1v) is 7.14. The molecule has 0 aromatic heterocycles. The van der Waals surface area contributed by atoms with Gasteiger partial charge in [0.2, 0.25) is 5.90 Å². The molecule has 0 spiro atoms. The van der Waals surface area contributed by atoms with E-state index >= 15 is 0 Å². The van der Waals surface area contributed by atoms with Gasteiger partial charge in [0.05, 0.1) is 19.0 Å². The fourth-order valence-corrected chi connectivity index (χ4v) is 1.89. The topological polar surface area (TPSA) is 47.9 Å². The van der Waals surface area contributed by atoms with Crippen molar-refractivity contribution in [2.45, 2.75) is 31.9 Å². The molecule has 0 N–H and O–H groups in total. The Morgan fingerprint density at radius 1 is 1.21 bits per heavy atom. The summed E-state index contributed by atoms with van der Waals surface area (Å²) in [5.74, 6) is 1.27. The highest BCUT2D eigenvalue weighted by Crippen LogP contribution is 2.15. The van der Waals surface area contributed by atoms with Crippen LogP contribution in [0.25, 0.3) is 0 Å². The molecular formula is C14H21NO3S. The summed E-state index contributed by atoms with van der Waals surface area (Å²) >= 11 is 0. The summed E-state index contributed by atoms with van der Waals surface area (Å²) in [6.45, 7) is 5.65. The van der Waals surface area contributed by atoms with Crippen LogP contribution in [0.15, 0.2) is 28.7 Å². The third-order valence-electron chi connectivity index (χ3n) is 2.46. The van der Waals surface area contributed by atoms with Crippen LogP contribution in [0.1, 0.15) is 26.3 Å². The summed E-state index contributed by atoms with van der Waals surface area (Å²) in [7, 11) is 1.86. The van der Waals surface area contributed by atoms with Crippen molar-refractivity contribution in [3.63, 3.8) is 0 Å². The molecule has 19 heavy (non-hydrogen) atoms. The lowest BCUT2D eigenvalue weighted by Crippen LogP contribution is -2.21. The number of nitrogens with zero attached hydrogens (tertiary/aromatic N) is 1. The molecule has 0 aliphatic carbocycles. The van der Waals surface area contributed by atoms with Crippen molar-refractivity contribution in [1.82, 2.24) is 0 Å². The average molecular weight is 283 g/mol. The van der Waals surface area contributed by atoms with Crippen molar-refractivity contribution in [2.24, 2.45) is 4.40 Å². The SMILES string of the molecule is CO/C(Cc1ccc(OC)cc1)=N\[S@](=O)C(C)(C)C. The van der Waals surface area contributed by atoms with Gasteiger partial charge in [-0.3, -0.25) is 0 Å². The lowest BCUT2D eigenvalue weighted by atomic mass is 10.1. The van der Waals surface area contributed by atoms with Crippen LogP contribution >= 0.6 is 0 Å². The first kappa shape index (κ1) is 15.7. The molecule has 0 unspecified atom stereocenters. The lowest BCUT2D eigenvalue weighted by molar-refractivity contribution is 0.395. The molecule has 5 heteroatoms. The van der Waals surface area contributed by atoms with E-state index in [9.17, 15) is 4.21 Å². The number of hydrogen-bond acceptors (Lipinski definition) is 3. The smallest absolute Gasteiger partial charge is 0.201 e. The van der Waals surface area contributed by atoms with Crippen LogP contribution in [-0.4, -0.2) is 29.1 Å². The summed E-state index contributed by atoms with van der Waals surface area (Å²) in [6.07, 6.45) is 0.516. The normalized spacial score (nSPS) is 14.1. The maximum Gasteiger partial charge on any atom is 0.201 e. The molecule has 0 aliphatic heterocycles. The zero-order valence-corrected chi connectivity index (χ0v) is 12.9. The Balaban J connectivity index is 2.81. The quantitative estimate of drug-likeness (QED) is 0.630. The van der Waals surface area contributed by atoms with Crippen LogP contribution in [0, 0.1) is 0 Å². The van der Waals surface area contributed by atoms with Gasteiger partial charge in [-0.1, -0.05) is 12.1 Å². The highest BCUT2D eigenvalue weighted by Gasteiger charge is 2.20. The highest BCUT2D eigenvalue weighted by molar-refractivity contribution is 7.85. The van der Waals surface area contributed by atoms with Crippen molar-refractivity contribution in [3.05, 3.63) is 29.8 Å². The molecule has 4 nitrogen and oxygen atoms in total. The maximum absolute atomic E-state index is 11.9. The third kappa shape index (κ3) is 5.03. The number of hydrogen-bond donors (Lipinski definition) is 0. The van der Waals surface area contributed by atoms with Crippen LogP contribution in [-0.2, 0) is 22.1 Å². The first-order chi connectivity index (χ1) is 8.86. The zero-order chi connectivity index (χ0) is 14.5. The Hall–Kier alpha value is -1.36. The minimum Gasteiger partial charge on any atom is -0.497 e. The maximum atomic E-state index is 11.9. The van der Waals surface area contributed by atoms with E-state index in [0.29, 0.717) is 12.3 Å². The monoisotopic (exact) mass is 283 g/mol. The lowest BCUT2D eigenvalue weighted by Gasteiger charge is -2.14. The Morgan fingerprint density at radius 3 is 2.21 bits per heavy atom. The predicted octanol–water partition coefficient (Wildman–Crippen LogP) is 2.74. The van der Waals surface area contributed by atoms with Gasteiger partial charge in [-0.05, 0) is 38.5 Å². The fourth-order valence-electron chi connectivity index (χ4n) is 1.29. The van der Waals surface area contributed by atoms with E-state index in [1.807, 2.05) is 45.0 Å². The van der Waals surface area contributed by atoms with Crippen LogP contribution in [0.3, 0.4) is 0 Å². The van der Waals surface area contributed by atoms with Crippen molar-refractivity contribution in [3.8, 4) is 5.75 Å². The largest absolute Gasteiger partial charge is 0.497 e. The summed E-state index contributed by atoms with van der Waals surface area (Å²) in [5, 5.41) is 0. The Labute approximate surface area is 117 Å². The van der Waals surface area contributed by atoms with E-state index in [0.717, 1.165) is 11.3 Å². The van der Waals surface area contributed by atoms with Gasteiger partial charge in [-0.15, -0.1) is 0 Å². The second kappa shape index (κ2) is 6.70. The van der Waals surface area contributed by atoms with Gasteiger partial charge in [-0.25, -0.2) is 4.21 Å². The van der Waals surface area contributed by atoms with Crippen LogP contribution in [0.4, 0.5) is 0 Å². The second-order valence-corrected chi connectivity index (χ2v) is 6.98. The van der Waals surface area contributed by atoms with Crippen molar-refractivity contribution < 1.29 is 13.7 Å². The van der Waals surface area contributed by atoms with Crippen LogP contribution in [0.5, 0.6) is 5.75 Å². The van der Waals surface area contributed by atoms with Gasteiger partial charge < -0.3 is 9.47 Å². The van der Waals surface area contributed by atoms with Crippen molar-refractivity contribution >= 4 is 16.9 Å². The average Bonchev–Trinajstić information content (AvgIpc) is 2.37. The molecule has 0 saturated carbocycles. The van der Waals surface area contributed by atoms with Crippen molar-refractivity contribution in [1.29, 1.82) is 0 Å². The van der Waals surface area contributed by atoms with Gasteiger partial charge in [0.25, 0.3) is 0 Å². The predicted molar refractivity (Wildman–Crippen MR) is 79.0 cm³/mol. The Morgan fingerprint density at radius 2 is 1.79 bits per heavy atom. The molecule has 0 aliphatic rings. The van der Waals surface area contributed by atoms with Crippen LogP contribution < -0.4 is 4.74 Å². The molecule has 0 fully saturated rings. The molecule has 1 aromatic rings. The molecule has 0 heterocycles. The third-order valence-corrected chi connectivity index (χ3v) is 3.88. The zero-order valence-electron chi connectivity index (χ0n) is 12.1. The summed E-state index contributed by atoms with van der Waals surface area (Å²) in [6, 6.07) is 7.63. The van der Waals surface area contributed by atoms with E-state index in [2.05, 4.69) is 4.40 Å². The van der Waals surface area contributed by atoms with Gasteiger partial charge >= 0.3 is 0 Å². The number of methoxy groups -OCH3 is 2. The molecule has 1 rings (SSSR count). The van der Waals surface area contributed by atoms with E-state index in [1.54, 1.807) is 14.2 Å². The highest BCUT2D eigenvalue weighted by atomic mass is 32.2. The van der Waals surface area contributed by atoms with Gasteiger partial charge in [0, 0.05) is 6.42 Å². The number of rotatable bonds is 4. The summed E-state index contributed by atoms with van der Waals surface area (Å²) in [5.41, 5.74) is 1.03. The molecule has 0 radical (unpaired) electrons. The van der Waals surface area contributed by atoms with Gasteiger partial charge in [0.1, 0.15) is 16.7 Å². The van der Waals surface area contributed by atoms with Gasteiger partial charge in [-0.2, -0.15) is 4.40 Å². The van der Waals surface area contributed by atoms with E-state index in [4.69, 9.17) is 9.47 Å². The van der Waals surface area contributed by atoms with Crippen molar-refractivity contribution in [2.75, 3.05) is 14.2 Å². The van der Waals surface area contributed by atoms with E-state index in [-0.39, 0.29) is 4.75 Å². The molecule has 0 bridgehead atoms. The number of ether oxygens (including phenoxy) is 2. The van der Waals surface area contributed by atoms with Gasteiger partial charge in [0.15, 0.2) is 0 Å². The fraction of sp³-hybridized carbons (Fsp3) is 0.500. The molecule has 0 amide bonds. The minimum absolute atomic E-state index is 0.385. The van der Waals surface area contributed by atoms with E-state index in [1.165, 1.54) is 0 Å². The molecule has 1 atom stereocenters. The Bertz CT molecular complexity index is 461. The standard InChI is InChI=1S/C14H21NO3S/c1-14(2,3)19(16)15-13(18-5)10-11-6-8-12(17-4)9-7-11/h6-9H,10H2,1-5H3/b15-13-/t19-/m1/s1. The Kier molecular flexibility index (Phi) is 5.54. The minimum atomic E-state index is -1.31. The molecule has 0 saturated heterocycles. The molecule has 1 aromatic carbocycles. The summed E-state index contributed by atoms with van der Waals surface area (Å²) in [4.78, 5) is 0. The van der Waals surface area contributed by atoms with Crippen LogP contribution in [0.2, 0.25) is 0 Å².